The average molecular weight is 477 g/mol. The minimum Gasteiger partial charge on any atom is -0.496 e. The Balaban J connectivity index is 2.98. The lowest BCUT2D eigenvalue weighted by Gasteiger charge is -2.26. The zero-order valence-electron chi connectivity index (χ0n) is 16.4. The van der Waals surface area contributed by atoms with Gasteiger partial charge < -0.3 is 19.5 Å². The highest BCUT2D eigenvalue weighted by molar-refractivity contribution is 14.1. The number of ether oxygens (including phenoxy) is 3. The Bertz CT molecular complexity index is 646. The number of esters is 1. The maximum atomic E-state index is 12.6. The number of carbonyl (C=O) groups is 2. The minimum absolute atomic E-state index is 0.286. The van der Waals surface area contributed by atoms with Gasteiger partial charge in [0.25, 0.3) is 0 Å². The maximum absolute atomic E-state index is 12.6. The van der Waals surface area contributed by atoms with E-state index < -0.39 is 29.3 Å². The van der Waals surface area contributed by atoms with Crippen LogP contribution >= 0.6 is 22.6 Å². The number of nitrogens with one attached hydrogen (secondary N) is 1. The molecule has 0 fully saturated rings. The van der Waals surface area contributed by atoms with Crippen LogP contribution in [0.15, 0.2) is 18.2 Å². The molecule has 146 valence electrons. The van der Waals surface area contributed by atoms with Gasteiger partial charge in [0.1, 0.15) is 23.0 Å². The highest BCUT2D eigenvalue weighted by Crippen LogP contribution is 2.23. The molecule has 0 aliphatic carbocycles. The van der Waals surface area contributed by atoms with Gasteiger partial charge in [-0.3, -0.25) is 0 Å². The zero-order chi connectivity index (χ0) is 20.1. The molecule has 0 saturated carbocycles. The number of benzene rings is 1. The Kier molecular flexibility index (Phi) is 7.73. The summed E-state index contributed by atoms with van der Waals surface area (Å²) >= 11 is 2.16. The fourth-order valence-electron chi connectivity index (χ4n) is 2.09. The maximum Gasteiger partial charge on any atom is 0.408 e. The highest BCUT2D eigenvalue weighted by Gasteiger charge is 2.29. The largest absolute Gasteiger partial charge is 0.496 e. The summed E-state index contributed by atoms with van der Waals surface area (Å²) in [6.45, 7) is 10.6. The predicted molar refractivity (Wildman–Crippen MR) is 108 cm³/mol. The summed E-state index contributed by atoms with van der Waals surface area (Å²) < 4.78 is 16.9. The van der Waals surface area contributed by atoms with E-state index in [-0.39, 0.29) is 6.42 Å². The van der Waals surface area contributed by atoms with Crippen LogP contribution in [-0.2, 0) is 20.7 Å². The van der Waals surface area contributed by atoms with Crippen molar-refractivity contribution in [2.45, 2.75) is 65.2 Å². The number of alkyl carbamates (subject to hydrolysis) is 1. The third kappa shape index (κ3) is 8.25. The first-order valence-electron chi connectivity index (χ1n) is 8.35. The van der Waals surface area contributed by atoms with Crippen LogP contribution in [0.3, 0.4) is 0 Å². The predicted octanol–water partition coefficient (Wildman–Crippen LogP) is 4.08. The summed E-state index contributed by atoms with van der Waals surface area (Å²) in [6, 6.07) is 4.74. The van der Waals surface area contributed by atoms with Gasteiger partial charge in [0.2, 0.25) is 0 Å². The van der Waals surface area contributed by atoms with E-state index in [0.29, 0.717) is 0 Å². The van der Waals surface area contributed by atoms with Crippen LogP contribution in [0.25, 0.3) is 0 Å². The Labute approximate surface area is 169 Å². The summed E-state index contributed by atoms with van der Waals surface area (Å²) in [5.41, 5.74) is -0.431. The van der Waals surface area contributed by atoms with E-state index >= 15 is 0 Å². The quantitative estimate of drug-likeness (QED) is 0.511. The Hall–Kier alpha value is -1.51. The Morgan fingerprint density at radius 3 is 2.12 bits per heavy atom. The average Bonchev–Trinajstić information content (AvgIpc) is 2.43. The lowest BCUT2D eigenvalue weighted by Crippen LogP contribution is -2.47. The molecule has 1 atom stereocenters. The molecule has 6 nitrogen and oxygen atoms in total. The monoisotopic (exact) mass is 477 g/mol. The molecular weight excluding hydrogens is 449 g/mol. The molecule has 1 N–H and O–H groups in total. The summed E-state index contributed by atoms with van der Waals surface area (Å²) in [5, 5.41) is 2.62. The van der Waals surface area contributed by atoms with E-state index in [9.17, 15) is 9.59 Å². The molecule has 1 aromatic rings. The lowest BCUT2D eigenvalue weighted by molar-refractivity contribution is -0.157. The molecule has 0 aliphatic rings. The molecule has 0 aliphatic heterocycles. The van der Waals surface area contributed by atoms with E-state index in [0.717, 1.165) is 14.9 Å². The Morgan fingerprint density at radius 2 is 1.65 bits per heavy atom. The van der Waals surface area contributed by atoms with Crippen molar-refractivity contribution in [1.82, 2.24) is 5.32 Å². The van der Waals surface area contributed by atoms with Gasteiger partial charge in [0.15, 0.2) is 0 Å². The normalized spacial score (nSPS) is 12.9. The van der Waals surface area contributed by atoms with E-state index in [1.165, 1.54) is 0 Å². The molecule has 0 bridgehead atoms. The van der Waals surface area contributed by atoms with Gasteiger partial charge in [0, 0.05) is 6.42 Å². The van der Waals surface area contributed by atoms with E-state index in [1.54, 1.807) is 48.7 Å². The second kappa shape index (κ2) is 8.92. The van der Waals surface area contributed by atoms with Gasteiger partial charge in [-0.05, 0) is 81.8 Å². The van der Waals surface area contributed by atoms with Crippen molar-refractivity contribution < 1.29 is 23.8 Å². The topological polar surface area (TPSA) is 73.9 Å². The fraction of sp³-hybridized carbons (Fsp3) is 0.579. The summed E-state index contributed by atoms with van der Waals surface area (Å²) in [6.07, 6.45) is -0.370. The van der Waals surface area contributed by atoms with Gasteiger partial charge in [-0.15, -0.1) is 0 Å². The standard InChI is InChI=1S/C19H28INO5/c1-18(2,3)25-16(22)14(21-17(23)26-19(4,5)6)11-12-8-9-15(24-7)13(20)10-12/h8-10,14H,11H2,1-7H3,(H,21,23)/t14-/m0/s1. The molecule has 1 aromatic carbocycles. The first-order chi connectivity index (χ1) is 11.8. The van der Waals surface area contributed by atoms with Gasteiger partial charge in [-0.1, -0.05) is 6.07 Å². The van der Waals surface area contributed by atoms with Crippen molar-refractivity contribution in [2.24, 2.45) is 0 Å². The molecule has 0 radical (unpaired) electrons. The lowest BCUT2D eigenvalue weighted by atomic mass is 10.1. The third-order valence-electron chi connectivity index (χ3n) is 3.04. The van der Waals surface area contributed by atoms with Crippen LogP contribution in [0.2, 0.25) is 0 Å². The number of hydrogen-bond acceptors (Lipinski definition) is 5. The first kappa shape index (κ1) is 22.5. The second-order valence-electron chi connectivity index (χ2n) is 7.91. The number of rotatable bonds is 5. The number of carbonyl (C=O) groups excluding carboxylic acids is 2. The summed E-state index contributed by atoms with van der Waals surface area (Å²) in [5.74, 6) is 0.248. The molecule has 26 heavy (non-hydrogen) atoms. The smallest absolute Gasteiger partial charge is 0.408 e. The summed E-state index contributed by atoms with van der Waals surface area (Å²) in [4.78, 5) is 24.7. The summed E-state index contributed by atoms with van der Waals surface area (Å²) in [7, 11) is 1.60. The SMILES string of the molecule is COc1ccc(C[C@H](NC(=O)OC(C)(C)C)C(=O)OC(C)(C)C)cc1I. The van der Waals surface area contributed by atoms with Gasteiger partial charge in [-0.2, -0.15) is 0 Å². The van der Waals surface area contributed by atoms with Crippen LogP contribution in [0.1, 0.15) is 47.1 Å². The molecule has 1 amide bonds. The van der Waals surface area contributed by atoms with Crippen LogP contribution < -0.4 is 10.1 Å². The van der Waals surface area contributed by atoms with Gasteiger partial charge in [0.05, 0.1) is 10.7 Å². The molecule has 0 aromatic heterocycles. The van der Waals surface area contributed by atoms with Crippen molar-refractivity contribution >= 4 is 34.7 Å². The second-order valence-corrected chi connectivity index (χ2v) is 9.07. The number of halogens is 1. The molecule has 0 unspecified atom stereocenters. The van der Waals surface area contributed by atoms with Crippen molar-refractivity contribution in [3.05, 3.63) is 27.3 Å². The molecule has 0 heterocycles. The van der Waals surface area contributed by atoms with E-state index in [4.69, 9.17) is 14.2 Å². The van der Waals surface area contributed by atoms with Gasteiger partial charge in [-0.25, -0.2) is 9.59 Å². The van der Waals surface area contributed by atoms with Crippen molar-refractivity contribution in [2.75, 3.05) is 7.11 Å². The third-order valence-corrected chi connectivity index (χ3v) is 3.88. The molecule has 0 spiro atoms. The Morgan fingerprint density at radius 1 is 1.08 bits per heavy atom. The number of hydrogen-bond donors (Lipinski definition) is 1. The zero-order valence-corrected chi connectivity index (χ0v) is 18.6. The molecule has 1 rings (SSSR count). The minimum atomic E-state index is -0.853. The fourth-order valence-corrected chi connectivity index (χ4v) is 2.89. The van der Waals surface area contributed by atoms with Crippen LogP contribution in [0, 0.1) is 3.57 Å². The first-order valence-corrected chi connectivity index (χ1v) is 9.43. The number of methoxy groups -OCH3 is 1. The molecular formula is C19H28INO5. The van der Waals surface area contributed by atoms with Crippen molar-refractivity contribution in [1.29, 1.82) is 0 Å². The molecule has 7 heteroatoms. The van der Waals surface area contributed by atoms with E-state index in [2.05, 4.69) is 27.9 Å². The van der Waals surface area contributed by atoms with Gasteiger partial charge >= 0.3 is 12.1 Å². The van der Waals surface area contributed by atoms with Crippen LogP contribution in [-0.4, -0.2) is 36.4 Å². The highest BCUT2D eigenvalue weighted by atomic mass is 127. The molecule has 0 saturated heterocycles. The number of amides is 1. The van der Waals surface area contributed by atoms with E-state index in [1.807, 2.05) is 18.2 Å². The van der Waals surface area contributed by atoms with Crippen LogP contribution in [0.4, 0.5) is 4.79 Å². The van der Waals surface area contributed by atoms with Crippen molar-refractivity contribution in [3.63, 3.8) is 0 Å². The van der Waals surface area contributed by atoms with Crippen LogP contribution in [0.5, 0.6) is 5.75 Å². The van der Waals surface area contributed by atoms with Crippen molar-refractivity contribution in [3.8, 4) is 5.75 Å².